The van der Waals surface area contributed by atoms with Crippen LogP contribution in [-0.4, -0.2) is 59.0 Å². The first-order chi connectivity index (χ1) is 9.47. The van der Waals surface area contributed by atoms with Gasteiger partial charge in [-0.05, 0) is 44.7 Å². The van der Waals surface area contributed by atoms with Crippen molar-refractivity contribution in [2.75, 3.05) is 26.2 Å². The highest BCUT2D eigenvalue weighted by Gasteiger charge is 2.34. The number of amides is 1. The lowest BCUT2D eigenvalue weighted by molar-refractivity contribution is -0.143. The molecule has 0 unspecified atom stereocenters. The van der Waals surface area contributed by atoms with Crippen molar-refractivity contribution in [3.05, 3.63) is 0 Å². The van der Waals surface area contributed by atoms with Crippen LogP contribution in [0, 0.1) is 11.8 Å². The summed E-state index contributed by atoms with van der Waals surface area (Å²) in [6, 6.07) is 0.460. The summed E-state index contributed by atoms with van der Waals surface area (Å²) in [6.07, 6.45) is 3.60. The Labute approximate surface area is 133 Å². The second-order valence-electron chi connectivity index (χ2n) is 6.56. The molecule has 0 atom stereocenters. The lowest BCUT2D eigenvalue weighted by atomic mass is 9.97. The van der Waals surface area contributed by atoms with E-state index in [0.717, 1.165) is 32.5 Å². The smallest absolute Gasteiger partial charge is 0.306 e. The Bertz CT molecular complexity index is 364. The molecule has 21 heavy (non-hydrogen) atoms. The first kappa shape index (κ1) is 18.2. The summed E-state index contributed by atoms with van der Waals surface area (Å²) in [5, 5.41) is 8.98. The van der Waals surface area contributed by atoms with Gasteiger partial charge in [0.1, 0.15) is 0 Å². The zero-order chi connectivity index (χ0) is 14.7. The van der Waals surface area contributed by atoms with Crippen molar-refractivity contribution in [1.82, 2.24) is 9.80 Å². The highest BCUT2D eigenvalue weighted by atomic mass is 35.5. The number of carbonyl (C=O) groups excluding carboxylic acids is 1. The summed E-state index contributed by atoms with van der Waals surface area (Å²) < 4.78 is 0. The lowest BCUT2D eigenvalue weighted by Gasteiger charge is -2.32. The first-order valence-corrected chi connectivity index (χ1v) is 7.72. The van der Waals surface area contributed by atoms with Gasteiger partial charge >= 0.3 is 5.97 Å². The van der Waals surface area contributed by atoms with Crippen LogP contribution in [0.4, 0.5) is 0 Å². The lowest BCUT2D eigenvalue weighted by Crippen LogP contribution is -2.46. The first-order valence-electron chi connectivity index (χ1n) is 7.72. The number of carbonyl (C=O) groups is 2. The summed E-state index contributed by atoms with van der Waals surface area (Å²) in [4.78, 5) is 27.5. The Hall–Kier alpha value is -0.810. The molecule has 1 saturated heterocycles. The number of rotatable bonds is 6. The maximum absolute atomic E-state index is 12.4. The van der Waals surface area contributed by atoms with E-state index in [0.29, 0.717) is 31.3 Å². The van der Waals surface area contributed by atoms with E-state index in [9.17, 15) is 9.59 Å². The second kappa shape index (κ2) is 7.99. The quantitative estimate of drug-likeness (QED) is 0.812. The molecule has 1 aliphatic heterocycles. The molecule has 1 heterocycles. The van der Waals surface area contributed by atoms with E-state index < -0.39 is 5.97 Å². The molecule has 1 aliphatic carbocycles. The number of carboxylic acid groups (broad SMARTS) is 1. The van der Waals surface area contributed by atoms with Gasteiger partial charge < -0.3 is 10.0 Å². The average molecular weight is 319 g/mol. The summed E-state index contributed by atoms with van der Waals surface area (Å²) in [5.74, 6) is -0.209. The highest BCUT2D eigenvalue weighted by Crippen LogP contribution is 2.28. The Morgan fingerprint density at radius 3 is 2.19 bits per heavy atom. The standard InChI is InChI=1S/C15H26N2O3.ClH/c1-11(2)9-17(13-3-4-13)14(18)10-16-7-5-12(6-8-16)15(19)20;/h11-13H,3-10H2,1-2H3,(H,19,20);1H. The molecule has 5 nitrogen and oxygen atoms in total. The van der Waals surface area contributed by atoms with Crippen LogP contribution in [0.1, 0.15) is 39.5 Å². The molecule has 122 valence electrons. The van der Waals surface area contributed by atoms with Crippen molar-refractivity contribution < 1.29 is 14.7 Å². The van der Waals surface area contributed by atoms with Crippen LogP contribution in [0.5, 0.6) is 0 Å². The number of likely N-dealkylation sites (tertiary alicyclic amines) is 1. The van der Waals surface area contributed by atoms with Crippen LogP contribution in [0.25, 0.3) is 0 Å². The van der Waals surface area contributed by atoms with E-state index in [2.05, 4.69) is 18.7 Å². The van der Waals surface area contributed by atoms with Gasteiger partial charge in [-0.2, -0.15) is 0 Å². The van der Waals surface area contributed by atoms with E-state index in [-0.39, 0.29) is 24.2 Å². The summed E-state index contributed by atoms with van der Waals surface area (Å²) in [5.41, 5.74) is 0. The van der Waals surface area contributed by atoms with Crippen molar-refractivity contribution in [2.45, 2.75) is 45.6 Å². The molecule has 2 aliphatic rings. The summed E-state index contributed by atoms with van der Waals surface area (Å²) >= 11 is 0. The molecule has 1 saturated carbocycles. The van der Waals surface area contributed by atoms with Gasteiger partial charge in [-0.3, -0.25) is 14.5 Å². The molecule has 6 heteroatoms. The number of hydrogen-bond donors (Lipinski definition) is 1. The van der Waals surface area contributed by atoms with Crippen LogP contribution in [0.2, 0.25) is 0 Å². The number of hydrogen-bond acceptors (Lipinski definition) is 3. The minimum Gasteiger partial charge on any atom is -0.481 e. The fraction of sp³-hybridized carbons (Fsp3) is 0.867. The van der Waals surface area contributed by atoms with Crippen molar-refractivity contribution in [1.29, 1.82) is 0 Å². The molecule has 0 aromatic heterocycles. The minimum atomic E-state index is -0.699. The normalized spacial score (nSPS) is 20.1. The highest BCUT2D eigenvalue weighted by molar-refractivity contribution is 5.85. The minimum absolute atomic E-state index is 0. The second-order valence-corrected chi connectivity index (χ2v) is 6.56. The third-order valence-electron chi connectivity index (χ3n) is 4.17. The third-order valence-corrected chi connectivity index (χ3v) is 4.17. The van der Waals surface area contributed by atoms with Crippen LogP contribution >= 0.6 is 12.4 Å². The fourth-order valence-corrected chi connectivity index (χ4v) is 2.85. The van der Waals surface area contributed by atoms with Gasteiger partial charge in [-0.1, -0.05) is 13.8 Å². The molecule has 1 amide bonds. The summed E-state index contributed by atoms with van der Waals surface area (Å²) in [6.45, 7) is 7.03. The zero-order valence-corrected chi connectivity index (χ0v) is 13.8. The van der Waals surface area contributed by atoms with Crippen molar-refractivity contribution >= 4 is 24.3 Å². The van der Waals surface area contributed by atoms with E-state index in [1.165, 1.54) is 0 Å². The molecule has 0 aromatic rings. The topological polar surface area (TPSA) is 60.9 Å². The van der Waals surface area contributed by atoms with Crippen molar-refractivity contribution in [3.63, 3.8) is 0 Å². The SMILES string of the molecule is CC(C)CN(C(=O)CN1CCC(C(=O)O)CC1)C1CC1.Cl. The monoisotopic (exact) mass is 318 g/mol. The molecule has 0 bridgehead atoms. The van der Waals surface area contributed by atoms with Crippen LogP contribution < -0.4 is 0 Å². The average Bonchev–Trinajstić information content (AvgIpc) is 3.20. The van der Waals surface area contributed by atoms with Gasteiger partial charge in [-0.15, -0.1) is 12.4 Å². The molecule has 0 radical (unpaired) electrons. The van der Waals surface area contributed by atoms with Crippen molar-refractivity contribution in [3.8, 4) is 0 Å². The number of carboxylic acids is 1. The molecule has 0 spiro atoms. The maximum atomic E-state index is 12.4. The Morgan fingerprint density at radius 1 is 1.19 bits per heavy atom. The van der Waals surface area contributed by atoms with Crippen LogP contribution in [0.3, 0.4) is 0 Å². The van der Waals surface area contributed by atoms with Gasteiger partial charge in [0.05, 0.1) is 12.5 Å². The zero-order valence-electron chi connectivity index (χ0n) is 13.0. The molecular weight excluding hydrogens is 292 g/mol. The molecule has 0 aromatic carbocycles. The Balaban J connectivity index is 0.00000220. The fourth-order valence-electron chi connectivity index (χ4n) is 2.85. The van der Waals surface area contributed by atoms with E-state index in [1.54, 1.807) is 0 Å². The van der Waals surface area contributed by atoms with E-state index in [4.69, 9.17) is 5.11 Å². The van der Waals surface area contributed by atoms with E-state index >= 15 is 0 Å². The number of nitrogens with zero attached hydrogens (tertiary/aromatic N) is 2. The molecule has 2 fully saturated rings. The third kappa shape index (κ3) is 5.47. The van der Waals surface area contributed by atoms with Crippen LogP contribution in [0.15, 0.2) is 0 Å². The van der Waals surface area contributed by atoms with Gasteiger partial charge in [0.15, 0.2) is 0 Å². The predicted octanol–water partition coefficient (Wildman–Crippen LogP) is 1.85. The number of aliphatic carboxylic acids is 1. The largest absolute Gasteiger partial charge is 0.481 e. The van der Waals surface area contributed by atoms with Gasteiger partial charge in [0, 0.05) is 12.6 Å². The number of halogens is 1. The van der Waals surface area contributed by atoms with Crippen LogP contribution in [-0.2, 0) is 9.59 Å². The molecular formula is C15H27ClN2O3. The Morgan fingerprint density at radius 2 is 1.76 bits per heavy atom. The van der Waals surface area contributed by atoms with Gasteiger partial charge in [0.25, 0.3) is 0 Å². The van der Waals surface area contributed by atoms with E-state index in [1.807, 2.05) is 4.90 Å². The summed E-state index contributed by atoms with van der Waals surface area (Å²) in [7, 11) is 0. The maximum Gasteiger partial charge on any atom is 0.306 e. The van der Waals surface area contributed by atoms with Gasteiger partial charge in [-0.25, -0.2) is 0 Å². The number of piperidine rings is 1. The predicted molar refractivity (Wildman–Crippen MR) is 83.6 cm³/mol. The Kier molecular flexibility index (Phi) is 6.94. The van der Waals surface area contributed by atoms with Gasteiger partial charge in [0.2, 0.25) is 5.91 Å². The molecule has 2 rings (SSSR count). The molecule has 1 N–H and O–H groups in total. The van der Waals surface area contributed by atoms with Crippen molar-refractivity contribution in [2.24, 2.45) is 11.8 Å².